The second kappa shape index (κ2) is 8.69. The van der Waals surface area contributed by atoms with Crippen LogP contribution < -0.4 is 9.46 Å². The highest BCUT2D eigenvalue weighted by Crippen LogP contribution is 2.32. The predicted molar refractivity (Wildman–Crippen MR) is 122 cm³/mol. The van der Waals surface area contributed by atoms with Gasteiger partial charge in [0.1, 0.15) is 16.6 Å². The summed E-state index contributed by atoms with van der Waals surface area (Å²) < 4.78 is 46.9. The zero-order valence-corrected chi connectivity index (χ0v) is 18.9. The number of benzene rings is 2. The Balaban J connectivity index is 1.60. The Morgan fingerprint density at radius 1 is 1.09 bits per heavy atom. The molecule has 2 aromatic carbocycles. The number of ether oxygens (including phenoxy) is 1. The number of nitrogens with one attached hydrogen (secondary N) is 1. The lowest BCUT2D eigenvalue weighted by Crippen LogP contribution is -2.15. The van der Waals surface area contributed by atoms with Crippen molar-refractivity contribution in [1.29, 1.82) is 0 Å². The minimum atomic E-state index is -4.17. The van der Waals surface area contributed by atoms with Gasteiger partial charge >= 0.3 is 5.97 Å². The molecule has 4 rings (SSSR count). The highest BCUT2D eigenvalue weighted by molar-refractivity contribution is 7.92. The van der Waals surface area contributed by atoms with E-state index in [1.165, 1.54) is 12.5 Å². The number of hydrogen-bond donors (Lipinski definition) is 2. The van der Waals surface area contributed by atoms with Gasteiger partial charge in [0.25, 0.3) is 10.0 Å². The Labute approximate surface area is 190 Å². The van der Waals surface area contributed by atoms with Crippen LogP contribution >= 0.6 is 22.7 Å². The van der Waals surface area contributed by atoms with E-state index in [0.29, 0.717) is 5.01 Å². The Bertz CT molecular complexity index is 1380. The third-order valence-electron chi connectivity index (χ3n) is 4.51. The number of sulfonamides is 1. The average molecular weight is 491 g/mol. The summed E-state index contributed by atoms with van der Waals surface area (Å²) in [6.45, 7) is 0. The summed E-state index contributed by atoms with van der Waals surface area (Å²) in [7, 11) is -2.95. The average Bonchev–Trinajstić information content (AvgIpc) is 3.46. The Morgan fingerprint density at radius 3 is 2.44 bits per heavy atom. The van der Waals surface area contributed by atoms with Gasteiger partial charge in [-0.25, -0.2) is 14.2 Å². The zero-order chi connectivity index (χ0) is 22.9. The molecule has 0 amide bonds. The third kappa shape index (κ3) is 4.35. The van der Waals surface area contributed by atoms with Crippen molar-refractivity contribution in [3.05, 3.63) is 70.0 Å². The maximum Gasteiger partial charge on any atom is 0.338 e. The van der Waals surface area contributed by atoms with Crippen LogP contribution in [-0.2, 0) is 10.0 Å². The van der Waals surface area contributed by atoms with Crippen molar-refractivity contribution in [3.63, 3.8) is 0 Å². The first kappa shape index (κ1) is 21.9. The lowest BCUT2D eigenvalue weighted by Gasteiger charge is -2.12. The number of aromatic nitrogens is 1. The van der Waals surface area contributed by atoms with E-state index in [-0.39, 0.29) is 16.5 Å². The van der Waals surface area contributed by atoms with Crippen LogP contribution in [0.3, 0.4) is 0 Å². The molecule has 0 saturated heterocycles. The smallest absolute Gasteiger partial charge is 0.338 e. The number of carboxylic acids is 1. The molecule has 2 N–H and O–H groups in total. The van der Waals surface area contributed by atoms with Gasteiger partial charge in [-0.3, -0.25) is 4.72 Å². The summed E-state index contributed by atoms with van der Waals surface area (Å²) >= 11 is 2.75. The monoisotopic (exact) mass is 490 g/mol. The van der Waals surface area contributed by atoms with Crippen molar-refractivity contribution < 1.29 is 27.4 Å². The molecule has 0 radical (unpaired) electrons. The molecule has 0 bridgehead atoms. The standard InChI is InChI=1S/C21H15FN2O5S3/c1-29-18-8-15(21(25)26)16(22)9-17(18)24-32(27,28)19-11-31-20(23-19)13-4-2-12(3-5-13)14-6-7-30-10-14/h2-11,24H,1H3,(H,25,26). The summed E-state index contributed by atoms with van der Waals surface area (Å²) in [6, 6.07) is 11.3. The molecule has 0 fully saturated rings. The molecular weight excluding hydrogens is 475 g/mol. The molecule has 0 aliphatic heterocycles. The molecule has 0 atom stereocenters. The third-order valence-corrected chi connectivity index (χ3v) is 7.48. The number of carboxylic acid groups (broad SMARTS) is 1. The predicted octanol–water partition coefficient (Wildman–Crippen LogP) is 5.19. The van der Waals surface area contributed by atoms with E-state index < -0.39 is 27.4 Å². The number of aromatic carboxylic acids is 1. The van der Waals surface area contributed by atoms with Crippen LogP contribution in [0.2, 0.25) is 0 Å². The van der Waals surface area contributed by atoms with Crippen molar-refractivity contribution in [3.8, 4) is 27.4 Å². The molecule has 0 saturated carbocycles. The highest BCUT2D eigenvalue weighted by atomic mass is 32.2. The van der Waals surface area contributed by atoms with Gasteiger partial charge < -0.3 is 9.84 Å². The lowest BCUT2D eigenvalue weighted by atomic mass is 10.1. The molecule has 0 aliphatic rings. The van der Waals surface area contributed by atoms with Crippen LogP contribution in [0.15, 0.2) is 63.6 Å². The lowest BCUT2D eigenvalue weighted by molar-refractivity contribution is 0.0691. The molecule has 2 aromatic heterocycles. The van der Waals surface area contributed by atoms with Gasteiger partial charge in [-0.1, -0.05) is 24.3 Å². The fourth-order valence-electron chi connectivity index (χ4n) is 2.91. The Hall–Kier alpha value is -3.28. The van der Waals surface area contributed by atoms with Crippen molar-refractivity contribution in [2.75, 3.05) is 11.8 Å². The fraction of sp³-hybridized carbons (Fsp3) is 0.0476. The number of rotatable bonds is 7. The number of thiophene rings is 1. The van der Waals surface area contributed by atoms with Crippen LogP contribution in [0.1, 0.15) is 10.4 Å². The van der Waals surface area contributed by atoms with Crippen LogP contribution in [-0.4, -0.2) is 31.6 Å². The topological polar surface area (TPSA) is 106 Å². The van der Waals surface area contributed by atoms with E-state index in [1.807, 2.05) is 41.1 Å². The minimum absolute atomic E-state index is 0.133. The number of hydrogen-bond acceptors (Lipinski definition) is 7. The SMILES string of the molecule is COc1cc(C(=O)O)c(F)cc1NS(=O)(=O)c1csc(-c2ccc(-c3ccsc3)cc2)n1. The molecule has 7 nitrogen and oxygen atoms in total. The number of nitrogens with zero attached hydrogens (tertiary/aromatic N) is 1. The van der Waals surface area contributed by atoms with Crippen molar-refractivity contribution in [1.82, 2.24) is 4.98 Å². The first-order chi connectivity index (χ1) is 15.3. The zero-order valence-electron chi connectivity index (χ0n) is 16.4. The van der Waals surface area contributed by atoms with Gasteiger partial charge in [0.2, 0.25) is 0 Å². The summed E-state index contributed by atoms with van der Waals surface area (Å²) in [5.41, 5.74) is 2.03. The van der Waals surface area contributed by atoms with E-state index in [4.69, 9.17) is 9.84 Å². The first-order valence-electron chi connectivity index (χ1n) is 9.00. The Kier molecular flexibility index (Phi) is 5.96. The van der Waals surface area contributed by atoms with Crippen LogP contribution in [0.25, 0.3) is 21.7 Å². The van der Waals surface area contributed by atoms with Gasteiger partial charge in [-0.05, 0) is 34.0 Å². The molecule has 0 unspecified atom stereocenters. The molecule has 2 heterocycles. The second-order valence-corrected chi connectivity index (χ2v) is 9.79. The van der Waals surface area contributed by atoms with E-state index in [0.717, 1.165) is 40.2 Å². The number of methoxy groups -OCH3 is 1. The van der Waals surface area contributed by atoms with Crippen molar-refractivity contribution in [2.24, 2.45) is 0 Å². The summed E-state index contributed by atoms with van der Waals surface area (Å²) in [5.74, 6) is -2.73. The first-order valence-corrected chi connectivity index (χ1v) is 12.3. The summed E-state index contributed by atoms with van der Waals surface area (Å²) in [6.07, 6.45) is 0. The molecule has 164 valence electrons. The summed E-state index contributed by atoms with van der Waals surface area (Å²) in [5, 5.41) is 14.7. The molecule has 4 aromatic rings. The minimum Gasteiger partial charge on any atom is -0.495 e. The largest absolute Gasteiger partial charge is 0.495 e. The van der Waals surface area contributed by atoms with Crippen molar-refractivity contribution in [2.45, 2.75) is 5.03 Å². The maximum absolute atomic E-state index is 14.1. The number of carbonyl (C=O) groups is 1. The van der Waals surface area contributed by atoms with Gasteiger partial charge in [0, 0.05) is 17.0 Å². The highest BCUT2D eigenvalue weighted by Gasteiger charge is 2.23. The quantitative estimate of drug-likeness (QED) is 0.370. The van der Waals surface area contributed by atoms with Gasteiger partial charge in [0.15, 0.2) is 5.03 Å². The number of thiazole rings is 1. The van der Waals surface area contributed by atoms with E-state index >= 15 is 0 Å². The van der Waals surface area contributed by atoms with E-state index in [2.05, 4.69) is 9.71 Å². The molecule has 0 aliphatic carbocycles. The van der Waals surface area contributed by atoms with Crippen LogP contribution in [0, 0.1) is 5.82 Å². The molecule has 32 heavy (non-hydrogen) atoms. The van der Waals surface area contributed by atoms with Crippen LogP contribution in [0.5, 0.6) is 5.75 Å². The van der Waals surface area contributed by atoms with Crippen molar-refractivity contribution >= 4 is 44.4 Å². The fourth-order valence-corrected chi connectivity index (χ4v) is 5.74. The van der Waals surface area contributed by atoms with Gasteiger partial charge in [0.05, 0.1) is 18.4 Å². The van der Waals surface area contributed by atoms with Crippen LogP contribution in [0.4, 0.5) is 10.1 Å². The molecule has 0 spiro atoms. The second-order valence-electron chi connectivity index (χ2n) is 6.52. The number of anilines is 1. The van der Waals surface area contributed by atoms with E-state index in [9.17, 15) is 17.6 Å². The maximum atomic E-state index is 14.1. The van der Waals surface area contributed by atoms with Gasteiger partial charge in [-0.15, -0.1) is 11.3 Å². The molecular formula is C21H15FN2O5S3. The normalized spacial score (nSPS) is 11.3. The summed E-state index contributed by atoms with van der Waals surface area (Å²) in [4.78, 5) is 15.3. The Morgan fingerprint density at radius 2 is 1.81 bits per heavy atom. The number of halogens is 1. The van der Waals surface area contributed by atoms with Gasteiger partial charge in [-0.2, -0.15) is 19.8 Å². The van der Waals surface area contributed by atoms with E-state index in [1.54, 1.807) is 11.3 Å². The molecule has 11 heteroatoms.